The molecule has 0 aliphatic carbocycles. The van der Waals surface area contributed by atoms with Gasteiger partial charge >= 0.3 is 0 Å². The van der Waals surface area contributed by atoms with E-state index in [1.54, 1.807) is 6.07 Å². The fourth-order valence-electron chi connectivity index (χ4n) is 1.08. The van der Waals surface area contributed by atoms with Gasteiger partial charge in [-0.2, -0.15) is 0 Å². The maximum Gasteiger partial charge on any atom is 0.171 e. The average Bonchev–Trinajstić information content (AvgIpc) is 2.06. The number of hydrogen-bond acceptors (Lipinski definition) is 3. The van der Waals surface area contributed by atoms with Crippen LogP contribution in [0.2, 0.25) is 0 Å². The van der Waals surface area contributed by atoms with Gasteiger partial charge in [-0.1, -0.05) is 6.07 Å². The summed E-state index contributed by atoms with van der Waals surface area (Å²) in [5.74, 6) is 0.777. The fraction of sp³-hybridized carbons (Fsp3) is 0.455. The first kappa shape index (κ1) is 11.2. The highest BCUT2D eigenvalue weighted by atomic mass is 32.2. The van der Waals surface area contributed by atoms with Gasteiger partial charge in [0, 0.05) is 0 Å². The van der Waals surface area contributed by atoms with Crippen molar-refractivity contribution in [2.75, 3.05) is 6.26 Å². The lowest BCUT2D eigenvalue weighted by molar-refractivity contribution is 0.125. The van der Waals surface area contributed by atoms with Crippen LogP contribution in [0, 0.1) is 0 Å². The van der Waals surface area contributed by atoms with Crippen molar-refractivity contribution in [2.45, 2.75) is 31.3 Å². The SMILES string of the molecule is CSc1cccc(OC(C)(C)C)c1O. The van der Waals surface area contributed by atoms with E-state index in [2.05, 4.69) is 0 Å². The second-order valence-corrected chi connectivity index (χ2v) is 4.87. The topological polar surface area (TPSA) is 29.5 Å². The van der Waals surface area contributed by atoms with Gasteiger partial charge in [0.15, 0.2) is 11.5 Å². The van der Waals surface area contributed by atoms with Crippen LogP contribution in [0.1, 0.15) is 20.8 Å². The van der Waals surface area contributed by atoms with Gasteiger partial charge in [0.2, 0.25) is 0 Å². The van der Waals surface area contributed by atoms with Gasteiger partial charge in [-0.05, 0) is 39.2 Å². The van der Waals surface area contributed by atoms with E-state index < -0.39 is 0 Å². The Hall–Kier alpha value is -0.830. The van der Waals surface area contributed by atoms with E-state index in [1.807, 2.05) is 39.2 Å². The van der Waals surface area contributed by atoms with Gasteiger partial charge in [0.25, 0.3) is 0 Å². The van der Waals surface area contributed by atoms with Crippen molar-refractivity contribution in [1.29, 1.82) is 0 Å². The zero-order valence-electron chi connectivity index (χ0n) is 9.00. The molecule has 0 heterocycles. The number of hydrogen-bond donors (Lipinski definition) is 1. The number of aromatic hydroxyl groups is 1. The maximum absolute atomic E-state index is 9.81. The first-order valence-corrected chi connectivity index (χ1v) is 5.71. The molecule has 0 fully saturated rings. The normalized spacial score (nSPS) is 11.4. The number of phenols is 1. The Morgan fingerprint density at radius 3 is 2.43 bits per heavy atom. The van der Waals surface area contributed by atoms with Gasteiger partial charge in [0.05, 0.1) is 4.90 Å². The molecular weight excluding hydrogens is 196 g/mol. The summed E-state index contributed by atoms with van der Waals surface area (Å²) >= 11 is 1.51. The molecule has 14 heavy (non-hydrogen) atoms. The lowest BCUT2D eigenvalue weighted by atomic mass is 10.2. The van der Waals surface area contributed by atoms with Crippen molar-refractivity contribution in [3.63, 3.8) is 0 Å². The summed E-state index contributed by atoms with van der Waals surface area (Å²) in [6.07, 6.45) is 1.93. The molecule has 0 unspecified atom stereocenters. The van der Waals surface area contributed by atoms with Crippen LogP contribution in [0.15, 0.2) is 23.1 Å². The van der Waals surface area contributed by atoms with E-state index in [-0.39, 0.29) is 11.4 Å². The number of phenolic OH excluding ortho intramolecular Hbond substituents is 1. The Morgan fingerprint density at radius 2 is 1.93 bits per heavy atom. The zero-order chi connectivity index (χ0) is 10.8. The highest BCUT2D eigenvalue weighted by molar-refractivity contribution is 7.98. The monoisotopic (exact) mass is 212 g/mol. The summed E-state index contributed by atoms with van der Waals surface area (Å²) in [4.78, 5) is 0.840. The Bertz CT molecular complexity index is 316. The third-order valence-corrected chi connectivity index (χ3v) is 2.37. The third kappa shape index (κ3) is 2.84. The van der Waals surface area contributed by atoms with E-state index in [4.69, 9.17) is 4.74 Å². The molecule has 1 aromatic carbocycles. The lowest BCUT2D eigenvalue weighted by Gasteiger charge is -2.22. The predicted molar refractivity (Wildman–Crippen MR) is 60.3 cm³/mol. The molecule has 0 saturated carbocycles. The Kier molecular flexibility index (Phi) is 3.32. The van der Waals surface area contributed by atoms with Crippen LogP contribution in [-0.4, -0.2) is 17.0 Å². The molecule has 0 bridgehead atoms. The smallest absolute Gasteiger partial charge is 0.171 e. The molecular formula is C11H16O2S. The van der Waals surface area contributed by atoms with Gasteiger partial charge in [-0.15, -0.1) is 11.8 Å². The van der Waals surface area contributed by atoms with Crippen molar-refractivity contribution in [2.24, 2.45) is 0 Å². The maximum atomic E-state index is 9.81. The van der Waals surface area contributed by atoms with E-state index in [9.17, 15) is 5.11 Å². The van der Waals surface area contributed by atoms with Gasteiger partial charge in [-0.25, -0.2) is 0 Å². The van der Waals surface area contributed by atoms with Crippen molar-refractivity contribution in [3.05, 3.63) is 18.2 Å². The molecule has 1 N–H and O–H groups in total. The summed E-state index contributed by atoms with van der Waals surface area (Å²) in [6, 6.07) is 5.53. The number of thioether (sulfide) groups is 1. The van der Waals surface area contributed by atoms with Crippen LogP contribution in [0.3, 0.4) is 0 Å². The van der Waals surface area contributed by atoms with Crippen LogP contribution < -0.4 is 4.74 Å². The van der Waals surface area contributed by atoms with E-state index >= 15 is 0 Å². The van der Waals surface area contributed by atoms with E-state index in [1.165, 1.54) is 11.8 Å². The van der Waals surface area contributed by atoms with Gasteiger partial charge < -0.3 is 9.84 Å². The van der Waals surface area contributed by atoms with Crippen LogP contribution in [0.25, 0.3) is 0 Å². The van der Waals surface area contributed by atoms with Crippen LogP contribution in [-0.2, 0) is 0 Å². The first-order valence-electron chi connectivity index (χ1n) is 4.49. The molecule has 0 radical (unpaired) electrons. The molecule has 0 aliphatic rings. The Morgan fingerprint density at radius 1 is 1.29 bits per heavy atom. The summed E-state index contributed by atoms with van der Waals surface area (Å²) in [6.45, 7) is 5.87. The highest BCUT2D eigenvalue weighted by Gasteiger charge is 2.15. The second kappa shape index (κ2) is 4.13. The van der Waals surface area contributed by atoms with Crippen molar-refractivity contribution in [3.8, 4) is 11.5 Å². The molecule has 1 rings (SSSR count). The van der Waals surface area contributed by atoms with Crippen LogP contribution in [0.4, 0.5) is 0 Å². The Labute approximate surface area is 89.3 Å². The van der Waals surface area contributed by atoms with Crippen LogP contribution in [0.5, 0.6) is 11.5 Å². The van der Waals surface area contributed by atoms with Gasteiger partial charge in [0.1, 0.15) is 5.60 Å². The summed E-state index contributed by atoms with van der Waals surface area (Å²) in [7, 11) is 0. The number of benzene rings is 1. The molecule has 0 atom stereocenters. The zero-order valence-corrected chi connectivity index (χ0v) is 9.81. The second-order valence-electron chi connectivity index (χ2n) is 4.02. The number of para-hydroxylation sites is 1. The van der Waals surface area contributed by atoms with Gasteiger partial charge in [-0.3, -0.25) is 0 Å². The van der Waals surface area contributed by atoms with Crippen LogP contribution >= 0.6 is 11.8 Å². The molecule has 0 aromatic heterocycles. The van der Waals surface area contributed by atoms with E-state index in [0.717, 1.165) is 4.90 Å². The first-order chi connectivity index (χ1) is 6.44. The molecule has 2 nitrogen and oxygen atoms in total. The standard InChI is InChI=1S/C11H16O2S/c1-11(2,3)13-8-6-5-7-9(14-4)10(8)12/h5-7,12H,1-4H3. The number of ether oxygens (including phenoxy) is 1. The molecule has 3 heteroatoms. The quantitative estimate of drug-likeness (QED) is 0.763. The lowest BCUT2D eigenvalue weighted by Crippen LogP contribution is -2.22. The minimum Gasteiger partial charge on any atom is -0.503 e. The highest BCUT2D eigenvalue weighted by Crippen LogP contribution is 2.36. The largest absolute Gasteiger partial charge is 0.503 e. The molecule has 0 amide bonds. The molecule has 0 saturated heterocycles. The molecule has 0 aliphatic heterocycles. The fourth-order valence-corrected chi connectivity index (χ4v) is 1.59. The average molecular weight is 212 g/mol. The third-order valence-electron chi connectivity index (χ3n) is 1.60. The Balaban J connectivity index is 2.98. The molecule has 78 valence electrons. The molecule has 0 spiro atoms. The summed E-state index contributed by atoms with van der Waals surface area (Å²) in [5, 5.41) is 9.81. The minimum absolute atomic E-state index is 0.231. The predicted octanol–water partition coefficient (Wildman–Crippen LogP) is 3.29. The van der Waals surface area contributed by atoms with E-state index in [0.29, 0.717) is 5.75 Å². The molecule has 1 aromatic rings. The minimum atomic E-state index is -0.283. The summed E-state index contributed by atoms with van der Waals surface area (Å²) < 4.78 is 5.61. The van der Waals surface area contributed by atoms with Crippen molar-refractivity contribution >= 4 is 11.8 Å². The van der Waals surface area contributed by atoms with Crippen molar-refractivity contribution in [1.82, 2.24) is 0 Å². The van der Waals surface area contributed by atoms with Crippen molar-refractivity contribution < 1.29 is 9.84 Å². The number of rotatable bonds is 2. The summed E-state index contributed by atoms with van der Waals surface area (Å²) in [5.41, 5.74) is -0.283.